The maximum absolute atomic E-state index is 9.51. The second kappa shape index (κ2) is 11.4. The molecule has 16 heavy (non-hydrogen) atoms. The number of hydrogen-bond donors (Lipinski definition) is 2. The lowest BCUT2D eigenvalue weighted by molar-refractivity contribution is -0.0622. The van der Waals surface area contributed by atoms with Gasteiger partial charge in [-0.1, -0.05) is 46.0 Å². The van der Waals surface area contributed by atoms with Crippen molar-refractivity contribution in [3.63, 3.8) is 0 Å². The predicted octanol–water partition coefficient (Wildman–Crippen LogP) is 2.50. The number of aliphatic hydroxyl groups excluding tert-OH is 2. The normalized spacial score (nSPS) is 15.0. The van der Waals surface area contributed by atoms with Gasteiger partial charge in [0.1, 0.15) is 6.10 Å². The van der Waals surface area contributed by atoms with Crippen LogP contribution in [0.1, 0.15) is 58.8 Å². The van der Waals surface area contributed by atoms with Crippen molar-refractivity contribution in [2.45, 2.75) is 71.0 Å². The molecule has 0 aromatic heterocycles. The molecule has 0 aliphatic carbocycles. The molecule has 0 aliphatic heterocycles. The Morgan fingerprint density at radius 1 is 1.00 bits per heavy atom. The Morgan fingerprint density at radius 2 is 1.69 bits per heavy atom. The molecule has 0 saturated carbocycles. The van der Waals surface area contributed by atoms with Gasteiger partial charge in [-0.2, -0.15) is 0 Å². The van der Waals surface area contributed by atoms with Crippen LogP contribution in [0.5, 0.6) is 0 Å². The molecule has 0 aliphatic rings. The summed E-state index contributed by atoms with van der Waals surface area (Å²) in [5.41, 5.74) is 0. The fourth-order valence-electron chi connectivity index (χ4n) is 1.73. The van der Waals surface area contributed by atoms with E-state index >= 15 is 0 Å². The third-order valence-electron chi connectivity index (χ3n) is 2.77. The maximum Gasteiger partial charge on any atom is 0.103 e. The van der Waals surface area contributed by atoms with E-state index in [1.54, 1.807) is 0 Å². The van der Waals surface area contributed by atoms with Crippen molar-refractivity contribution in [1.82, 2.24) is 0 Å². The second-order valence-electron chi connectivity index (χ2n) is 4.36. The first-order valence-corrected chi connectivity index (χ1v) is 6.66. The van der Waals surface area contributed by atoms with E-state index in [2.05, 4.69) is 13.8 Å². The third kappa shape index (κ3) is 8.08. The third-order valence-corrected chi connectivity index (χ3v) is 2.77. The van der Waals surface area contributed by atoms with E-state index in [1.807, 2.05) is 0 Å². The SMILES string of the molecule is CCCCCCCOC(CCC)C(O)CO. The zero-order valence-electron chi connectivity index (χ0n) is 10.8. The first-order chi connectivity index (χ1) is 7.76. The van der Waals surface area contributed by atoms with Gasteiger partial charge in [-0.25, -0.2) is 0 Å². The number of hydrogen-bond acceptors (Lipinski definition) is 3. The van der Waals surface area contributed by atoms with Gasteiger partial charge in [0.15, 0.2) is 0 Å². The Balaban J connectivity index is 3.52. The molecule has 0 saturated heterocycles. The van der Waals surface area contributed by atoms with E-state index in [1.165, 1.54) is 25.7 Å². The molecule has 0 aromatic rings. The molecular weight excluding hydrogens is 204 g/mol. The van der Waals surface area contributed by atoms with Crippen molar-refractivity contribution in [1.29, 1.82) is 0 Å². The predicted molar refractivity (Wildman–Crippen MR) is 66.5 cm³/mol. The Kier molecular flexibility index (Phi) is 11.3. The van der Waals surface area contributed by atoms with Gasteiger partial charge in [0, 0.05) is 6.61 Å². The van der Waals surface area contributed by atoms with Gasteiger partial charge < -0.3 is 14.9 Å². The van der Waals surface area contributed by atoms with Crippen LogP contribution in [-0.4, -0.2) is 35.6 Å². The molecule has 0 radical (unpaired) electrons. The van der Waals surface area contributed by atoms with Crippen LogP contribution in [0, 0.1) is 0 Å². The van der Waals surface area contributed by atoms with Crippen molar-refractivity contribution in [3.8, 4) is 0 Å². The van der Waals surface area contributed by atoms with E-state index in [4.69, 9.17) is 9.84 Å². The topological polar surface area (TPSA) is 49.7 Å². The fraction of sp³-hybridized carbons (Fsp3) is 1.00. The van der Waals surface area contributed by atoms with Crippen molar-refractivity contribution in [2.24, 2.45) is 0 Å². The molecule has 0 amide bonds. The molecule has 2 unspecified atom stereocenters. The minimum Gasteiger partial charge on any atom is -0.394 e. The van der Waals surface area contributed by atoms with E-state index in [-0.39, 0.29) is 12.7 Å². The van der Waals surface area contributed by atoms with Gasteiger partial charge in [-0.3, -0.25) is 0 Å². The Bertz CT molecular complexity index is 139. The molecule has 2 N–H and O–H groups in total. The summed E-state index contributed by atoms with van der Waals surface area (Å²) in [4.78, 5) is 0. The molecule has 0 aromatic carbocycles. The molecule has 0 rings (SSSR count). The first-order valence-electron chi connectivity index (χ1n) is 6.66. The monoisotopic (exact) mass is 232 g/mol. The van der Waals surface area contributed by atoms with Crippen molar-refractivity contribution in [3.05, 3.63) is 0 Å². The highest BCUT2D eigenvalue weighted by molar-refractivity contribution is 4.67. The van der Waals surface area contributed by atoms with Crippen molar-refractivity contribution in [2.75, 3.05) is 13.2 Å². The summed E-state index contributed by atoms with van der Waals surface area (Å²) < 4.78 is 5.61. The van der Waals surface area contributed by atoms with Crippen LogP contribution >= 0.6 is 0 Å². The quantitative estimate of drug-likeness (QED) is 0.538. The molecule has 0 bridgehead atoms. The van der Waals surface area contributed by atoms with E-state index in [0.717, 1.165) is 19.3 Å². The Labute approximate surface area is 99.8 Å². The van der Waals surface area contributed by atoms with E-state index < -0.39 is 6.10 Å². The minimum atomic E-state index is -0.726. The molecule has 3 heteroatoms. The van der Waals surface area contributed by atoms with Gasteiger partial charge in [-0.15, -0.1) is 0 Å². The van der Waals surface area contributed by atoms with E-state index in [9.17, 15) is 5.11 Å². The lowest BCUT2D eigenvalue weighted by Crippen LogP contribution is -2.32. The van der Waals surface area contributed by atoms with Crippen LogP contribution in [0.4, 0.5) is 0 Å². The number of aliphatic hydroxyl groups is 2. The van der Waals surface area contributed by atoms with Crippen molar-refractivity contribution >= 4 is 0 Å². The highest BCUT2D eigenvalue weighted by atomic mass is 16.5. The minimum absolute atomic E-state index is 0.193. The van der Waals surface area contributed by atoms with Crippen LogP contribution < -0.4 is 0 Å². The van der Waals surface area contributed by atoms with E-state index in [0.29, 0.717) is 6.61 Å². The van der Waals surface area contributed by atoms with Crippen LogP contribution in [0.15, 0.2) is 0 Å². The van der Waals surface area contributed by atoms with Gasteiger partial charge in [0.2, 0.25) is 0 Å². The van der Waals surface area contributed by atoms with Crippen LogP contribution in [0.3, 0.4) is 0 Å². The second-order valence-corrected chi connectivity index (χ2v) is 4.36. The number of unbranched alkanes of at least 4 members (excludes halogenated alkanes) is 4. The number of rotatable bonds is 11. The highest BCUT2D eigenvalue weighted by Crippen LogP contribution is 2.09. The zero-order chi connectivity index (χ0) is 12.2. The smallest absolute Gasteiger partial charge is 0.103 e. The molecule has 0 spiro atoms. The Hall–Kier alpha value is -0.120. The summed E-state index contributed by atoms with van der Waals surface area (Å²) in [7, 11) is 0. The summed E-state index contributed by atoms with van der Waals surface area (Å²) >= 11 is 0. The van der Waals surface area contributed by atoms with Gasteiger partial charge in [-0.05, 0) is 12.8 Å². The van der Waals surface area contributed by atoms with Crippen LogP contribution in [0.25, 0.3) is 0 Å². The summed E-state index contributed by atoms with van der Waals surface area (Å²) in [6.07, 6.45) is 6.92. The van der Waals surface area contributed by atoms with Gasteiger partial charge >= 0.3 is 0 Å². The average Bonchev–Trinajstić information content (AvgIpc) is 2.31. The lowest BCUT2D eigenvalue weighted by Gasteiger charge is -2.21. The molecule has 0 fully saturated rings. The molecule has 0 heterocycles. The first kappa shape index (κ1) is 15.9. The summed E-state index contributed by atoms with van der Waals surface area (Å²) in [5.74, 6) is 0. The summed E-state index contributed by atoms with van der Waals surface area (Å²) in [6, 6.07) is 0. The zero-order valence-corrected chi connectivity index (χ0v) is 10.8. The largest absolute Gasteiger partial charge is 0.394 e. The molecule has 2 atom stereocenters. The van der Waals surface area contributed by atoms with Crippen molar-refractivity contribution < 1.29 is 14.9 Å². The average molecular weight is 232 g/mol. The number of ether oxygens (including phenoxy) is 1. The standard InChI is InChI=1S/C13H28O3/c1-3-5-6-7-8-10-16-13(9-4-2)12(15)11-14/h12-15H,3-11H2,1-2H3. The lowest BCUT2D eigenvalue weighted by atomic mass is 10.1. The summed E-state index contributed by atoms with van der Waals surface area (Å²) in [5, 5.41) is 18.4. The van der Waals surface area contributed by atoms with Gasteiger partial charge in [0.25, 0.3) is 0 Å². The fourth-order valence-corrected chi connectivity index (χ4v) is 1.73. The molecule has 98 valence electrons. The molecule has 3 nitrogen and oxygen atoms in total. The highest BCUT2D eigenvalue weighted by Gasteiger charge is 2.17. The van der Waals surface area contributed by atoms with Crippen LogP contribution in [0.2, 0.25) is 0 Å². The summed E-state index contributed by atoms with van der Waals surface area (Å²) in [6.45, 7) is 4.75. The molecular formula is C13H28O3. The maximum atomic E-state index is 9.51. The van der Waals surface area contributed by atoms with Gasteiger partial charge in [0.05, 0.1) is 12.7 Å². The Morgan fingerprint density at radius 3 is 2.25 bits per heavy atom. The van der Waals surface area contributed by atoms with Crippen LogP contribution in [-0.2, 0) is 4.74 Å².